The van der Waals surface area contributed by atoms with E-state index in [0.29, 0.717) is 0 Å². The van der Waals surface area contributed by atoms with Crippen LogP contribution in [0.5, 0.6) is 0 Å². The molecule has 2 heterocycles. The lowest BCUT2D eigenvalue weighted by Gasteiger charge is -2.13. The zero-order valence-corrected chi connectivity index (χ0v) is 8.56. The Morgan fingerprint density at radius 2 is 2.20 bits per heavy atom. The fourth-order valence-corrected chi connectivity index (χ4v) is 1.49. The minimum absolute atomic E-state index is 0.00817. The number of hydrogen-bond acceptors (Lipinski definition) is 3. The predicted molar refractivity (Wildman–Crippen MR) is 54.7 cm³/mol. The molecule has 0 aliphatic carbocycles. The first-order chi connectivity index (χ1) is 7.08. The molecule has 15 heavy (non-hydrogen) atoms. The van der Waals surface area contributed by atoms with E-state index in [1.165, 1.54) is 16.8 Å². The maximum atomic E-state index is 11.4. The van der Waals surface area contributed by atoms with Crippen LogP contribution in [-0.4, -0.2) is 15.7 Å². The number of ether oxygens (including phenoxy) is 1. The van der Waals surface area contributed by atoms with Crippen molar-refractivity contribution < 1.29 is 4.74 Å². The zero-order valence-electron chi connectivity index (χ0n) is 8.56. The first-order valence-electron chi connectivity index (χ1n) is 4.73. The van der Waals surface area contributed by atoms with Crippen molar-refractivity contribution >= 4 is 0 Å². The summed E-state index contributed by atoms with van der Waals surface area (Å²) in [6.07, 6.45) is 2.90. The summed E-state index contributed by atoms with van der Waals surface area (Å²) in [5.74, 6) is 0. The van der Waals surface area contributed by atoms with E-state index < -0.39 is 17.5 Å². The molecule has 1 N–H and O–H groups in total. The predicted octanol–water partition coefficient (Wildman–Crippen LogP) is 0.400. The number of aromatic nitrogens is 2. The maximum Gasteiger partial charge on any atom is 0.330 e. The minimum Gasteiger partial charge on any atom is -0.347 e. The summed E-state index contributed by atoms with van der Waals surface area (Å²) < 4.78 is 6.88. The quantitative estimate of drug-likeness (QED) is 0.679. The van der Waals surface area contributed by atoms with Gasteiger partial charge in [-0.05, 0) is 25.5 Å². The van der Waals surface area contributed by atoms with E-state index in [9.17, 15) is 9.59 Å². The van der Waals surface area contributed by atoms with Gasteiger partial charge >= 0.3 is 5.69 Å². The Kier molecular flexibility index (Phi) is 2.32. The van der Waals surface area contributed by atoms with Crippen LogP contribution in [0, 0.1) is 0 Å². The van der Waals surface area contributed by atoms with Crippen LogP contribution in [0.2, 0.25) is 0 Å². The second-order valence-electron chi connectivity index (χ2n) is 3.60. The summed E-state index contributed by atoms with van der Waals surface area (Å²) in [6.45, 7) is 3.87. The second kappa shape index (κ2) is 3.51. The lowest BCUT2D eigenvalue weighted by atomic mass is 10.2. The third-order valence-electron chi connectivity index (χ3n) is 2.52. The Labute approximate surface area is 86.0 Å². The van der Waals surface area contributed by atoms with E-state index in [4.69, 9.17) is 4.74 Å². The molecule has 0 saturated heterocycles. The maximum absolute atomic E-state index is 11.4. The van der Waals surface area contributed by atoms with Crippen LogP contribution in [-0.2, 0) is 4.74 Å². The number of hydrogen-bond donors (Lipinski definition) is 1. The summed E-state index contributed by atoms with van der Waals surface area (Å²) in [5, 5.41) is 0. The first kappa shape index (κ1) is 9.92. The van der Waals surface area contributed by atoms with E-state index in [1.807, 2.05) is 19.9 Å². The first-order valence-corrected chi connectivity index (χ1v) is 4.73. The Hall–Kier alpha value is -1.62. The van der Waals surface area contributed by atoms with Crippen LogP contribution in [0.3, 0.4) is 0 Å². The van der Waals surface area contributed by atoms with Gasteiger partial charge in [-0.25, -0.2) is 4.79 Å². The molecule has 0 spiro atoms. The van der Waals surface area contributed by atoms with Gasteiger partial charge in [0.2, 0.25) is 0 Å². The standard InChI is InChI=1S/C10H12N2O3/c1-6-5-9(15-7(6)2)12-4-3-8(13)11-10(12)14/h3-5,7,9H,1-2H3,(H,11,13,14)/t7-,9-/m1/s1. The molecule has 0 unspecified atom stereocenters. The molecule has 1 aromatic rings. The van der Waals surface area contributed by atoms with Gasteiger partial charge in [-0.2, -0.15) is 0 Å². The van der Waals surface area contributed by atoms with Crippen LogP contribution in [0.4, 0.5) is 0 Å². The van der Waals surface area contributed by atoms with Gasteiger partial charge < -0.3 is 4.74 Å². The molecule has 0 bridgehead atoms. The highest BCUT2D eigenvalue weighted by atomic mass is 16.5. The molecule has 1 aromatic heterocycles. The van der Waals surface area contributed by atoms with E-state index in [-0.39, 0.29) is 6.10 Å². The molecule has 80 valence electrons. The number of nitrogens with one attached hydrogen (secondary N) is 1. The molecular formula is C10H12N2O3. The lowest BCUT2D eigenvalue weighted by molar-refractivity contribution is 0.0213. The molecule has 5 heteroatoms. The molecule has 0 fully saturated rings. The van der Waals surface area contributed by atoms with Crippen molar-refractivity contribution in [3.63, 3.8) is 0 Å². The highest BCUT2D eigenvalue weighted by molar-refractivity contribution is 5.11. The lowest BCUT2D eigenvalue weighted by Crippen LogP contribution is -2.31. The van der Waals surface area contributed by atoms with Gasteiger partial charge in [-0.15, -0.1) is 0 Å². The van der Waals surface area contributed by atoms with Crippen LogP contribution >= 0.6 is 0 Å². The van der Waals surface area contributed by atoms with Crippen molar-refractivity contribution in [1.29, 1.82) is 0 Å². The number of nitrogens with zero attached hydrogens (tertiary/aromatic N) is 1. The molecular weight excluding hydrogens is 196 g/mol. The average Bonchev–Trinajstić information content (AvgIpc) is 2.46. The van der Waals surface area contributed by atoms with Crippen LogP contribution < -0.4 is 11.2 Å². The summed E-state index contributed by atoms with van der Waals surface area (Å²) in [5.41, 5.74) is 0.228. The molecule has 5 nitrogen and oxygen atoms in total. The number of rotatable bonds is 1. The molecule has 1 aliphatic heterocycles. The van der Waals surface area contributed by atoms with Crippen LogP contribution in [0.15, 0.2) is 33.5 Å². The van der Waals surface area contributed by atoms with Crippen molar-refractivity contribution in [2.45, 2.75) is 26.2 Å². The Morgan fingerprint density at radius 1 is 1.47 bits per heavy atom. The van der Waals surface area contributed by atoms with Crippen LogP contribution in [0.25, 0.3) is 0 Å². The second-order valence-corrected chi connectivity index (χ2v) is 3.60. The van der Waals surface area contributed by atoms with Crippen molar-refractivity contribution in [3.05, 3.63) is 44.8 Å². The fourth-order valence-electron chi connectivity index (χ4n) is 1.49. The van der Waals surface area contributed by atoms with Gasteiger partial charge in [0, 0.05) is 12.3 Å². The molecule has 2 rings (SSSR count). The number of H-pyrrole nitrogens is 1. The van der Waals surface area contributed by atoms with E-state index in [2.05, 4.69) is 4.98 Å². The highest BCUT2D eigenvalue weighted by Crippen LogP contribution is 2.24. The summed E-state index contributed by atoms with van der Waals surface area (Å²) in [6, 6.07) is 1.30. The smallest absolute Gasteiger partial charge is 0.330 e. The molecule has 1 aliphatic rings. The van der Waals surface area contributed by atoms with Gasteiger partial charge in [0.15, 0.2) is 6.23 Å². The minimum atomic E-state index is -0.453. The molecule has 0 amide bonds. The summed E-state index contributed by atoms with van der Waals surface area (Å²) >= 11 is 0. The van der Waals surface area contributed by atoms with Gasteiger partial charge in [-0.1, -0.05) is 0 Å². The van der Waals surface area contributed by atoms with Crippen LogP contribution in [0.1, 0.15) is 20.1 Å². The van der Waals surface area contributed by atoms with Gasteiger partial charge in [0.25, 0.3) is 5.56 Å². The topological polar surface area (TPSA) is 64.1 Å². The number of aromatic amines is 1. The zero-order chi connectivity index (χ0) is 11.0. The normalized spacial score (nSPS) is 25.3. The Morgan fingerprint density at radius 3 is 2.73 bits per heavy atom. The highest BCUT2D eigenvalue weighted by Gasteiger charge is 2.22. The Balaban J connectivity index is 2.41. The third kappa shape index (κ3) is 1.78. The van der Waals surface area contributed by atoms with E-state index in [1.54, 1.807) is 0 Å². The summed E-state index contributed by atoms with van der Waals surface area (Å²) in [4.78, 5) is 24.5. The van der Waals surface area contributed by atoms with Crippen molar-refractivity contribution in [2.24, 2.45) is 0 Å². The van der Waals surface area contributed by atoms with E-state index in [0.717, 1.165) is 5.57 Å². The van der Waals surface area contributed by atoms with Crippen molar-refractivity contribution in [1.82, 2.24) is 9.55 Å². The van der Waals surface area contributed by atoms with Gasteiger partial charge in [0.1, 0.15) is 0 Å². The van der Waals surface area contributed by atoms with Gasteiger partial charge in [0.05, 0.1) is 6.10 Å². The Bertz CT molecular complexity index is 512. The molecule has 0 aromatic carbocycles. The van der Waals surface area contributed by atoms with Crippen molar-refractivity contribution in [2.75, 3.05) is 0 Å². The molecule has 0 radical (unpaired) electrons. The van der Waals surface area contributed by atoms with Crippen molar-refractivity contribution in [3.8, 4) is 0 Å². The largest absolute Gasteiger partial charge is 0.347 e. The molecule has 0 saturated carbocycles. The fraction of sp³-hybridized carbons (Fsp3) is 0.400. The third-order valence-corrected chi connectivity index (χ3v) is 2.52. The summed E-state index contributed by atoms with van der Waals surface area (Å²) in [7, 11) is 0. The van der Waals surface area contributed by atoms with E-state index >= 15 is 0 Å². The average molecular weight is 208 g/mol. The molecule has 2 atom stereocenters. The van der Waals surface area contributed by atoms with Gasteiger partial charge in [-0.3, -0.25) is 14.3 Å². The monoisotopic (exact) mass is 208 g/mol. The SMILES string of the molecule is CC1=C[C@H](n2ccc(=O)[nH]c2=O)O[C@@H]1C.